The maximum atomic E-state index is 12.3. The molecule has 0 aromatic heterocycles. The molecule has 2 aliphatic rings. The fourth-order valence-electron chi connectivity index (χ4n) is 3.49. The highest BCUT2D eigenvalue weighted by Gasteiger charge is 2.45. The van der Waals surface area contributed by atoms with Gasteiger partial charge in [-0.2, -0.15) is 0 Å². The molecule has 21 heavy (non-hydrogen) atoms. The molecule has 1 aliphatic heterocycles. The average molecular weight is 280 g/mol. The maximum absolute atomic E-state index is 12.3. The second-order valence-corrected chi connectivity index (χ2v) is 6.22. The number of amides is 1. The number of benzene rings is 2. The van der Waals surface area contributed by atoms with Crippen molar-refractivity contribution in [2.45, 2.75) is 24.8 Å². The molecule has 1 heterocycles. The highest BCUT2D eigenvalue weighted by molar-refractivity contribution is 5.89. The van der Waals surface area contributed by atoms with Gasteiger partial charge in [-0.05, 0) is 41.6 Å². The Kier molecular flexibility index (Phi) is 3.15. The lowest BCUT2D eigenvalue weighted by atomic mass is 10.00. The van der Waals surface area contributed by atoms with E-state index in [4.69, 9.17) is 0 Å². The Labute approximate surface area is 124 Å². The molecule has 2 aromatic carbocycles. The van der Waals surface area contributed by atoms with E-state index in [0.717, 1.165) is 25.9 Å². The lowest BCUT2D eigenvalue weighted by Crippen LogP contribution is -2.37. The Hall–Kier alpha value is -1.87. The third-order valence-corrected chi connectivity index (χ3v) is 4.76. The molecule has 2 N–H and O–H groups in total. The van der Waals surface area contributed by atoms with Gasteiger partial charge in [0.15, 0.2) is 0 Å². The van der Waals surface area contributed by atoms with Crippen LogP contribution in [0.25, 0.3) is 10.8 Å². The molecule has 108 valence electrons. The van der Waals surface area contributed by atoms with E-state index in [1.807, 2.05) is 0 Å². The molecule has 1 amide bonds. The van der Waals surface area contributed by atoms with E-state index in [-0.39, 0.29) is 11.8 Å². The molecule has 2 aromatic rings. The van der Waals surface area contributed by atoms with E-state index < -0.39 is 0 Å². The molecule has 3 heteroatoms. The highest BCUT2D eigenvalue weighted by Crippen LogP contribution is 2.49. The van der Waals surface area contributed by atoms with Gasteiger partial charge in [0, 0.05) is 18.5 Å². The quantitative estimate of drug-likeness (QED) is 0.906. The molecule has 2 fully saturated rings. The first-order valence-corrected chi connectivity index (χ1v) is 7.81. The second-order valence-electron chi connectivity index (χ2n) is 6.22. The summed E-state index contributed by atoms with van der Waals surface area (Å²) in [5.41, 5.74) is 1.33. The molecule has 1 saturated carbocycles. The molecule has 4 rings (SSSR count). The van der Waals surface area contributed by atoms with Gasteiger partial charge in [0.2, 0.25) is 5.91 Å². The molecule has 3 unspecified atom stereocenters. The first-order chi connectivity index (χ1) is 10.3. The van der Waals surface area contributed by atoms with Crippen LogP contribution in [0.4, 0.5) is 0 Å². The smallest absolute Gasteiger partial charge is 0.224 e. The molecular weight excluding hydrogens is 260 g/mol. The van der Waals surface area contributed by atoms with Gasteiger partial charge in [0.05, 0.1) is 0 Å². The van der Waals surface area contributed by atoms with E-state index in [2.05, 4.69) is 53.1 Å². The van der Waals surface area contributed by atoms with Crippen LogP contribution in [-0.2, 0) is 4.79 Å². The zero-order valence-electron chi connectivity index (χ0n) is 12.0. The number of hydrogen-bond donors (Lipinski definition) is 2. The molecule has 1 aliphatic carbocycles. The Bertz CT molecular complexity index is 670. The van der Waals surface area contributed by atoms with Crippen LogP contribution in [-0.4, -0.2) is 25.0 Å². The maximum Gasteiger partial charge on any atom is 0.224 e. The van der Waals surface area contributed by atoms with Crippen molar-refractivity contribution in [2.75, 3.05) is 13.1 Å². The van der Waals surface area contributed by atoms with E-state index in [9.17, 15) is 4.79 Å². The van der Waals surface area contributed by atoms with Crippen molar-refractivity contribution < 1.29 is 4.79 Å². The van der Waals surface area contributed by atoms with Gasteiger partial charge in [-0.15, -0.1) is 0 Å². The third-order valence-electron chi connectivity index (χ3n) is 4.76. The number of carbonyl (C=O) groups excluding carboxylic acids is 1. The van der Waals surface area contributed by atoms with Crippen LogP contribution in [0.3, 0.4) is 0 Å². The van der Waals surface area contributed by atoms with Crippen molar-refractivity contribution in [3.05, 3.63) is 48.0 Å². The van der Waals surface area contributed by atoms with Crippen molar-refractivity contribution in [1.29, 1.82) is 0 Å². The largest absolute Gasteiger partial charge is 0.352 e. The highest BCUT2D eigenvalue weighted by atomic mass is 16.2. The summed E-state index contributed by atoms with van der Waals surface area (Å²) < 4.78 is 0. The lowest BCUT2D eigenvalue weighted by Gasteiger charge is -2.11. The summed E-state index contributed by atoms with van der Waals surface area (Å²) in [6, 6.07) is 15.2. The third kappa shape index (κ3) is 2.42. The van der Waals surface area contributed by atoms with Gasteiger partial charge in [0.25, 0.3) is 0 Å². The standard InChI is InChI=1S/C18H20N2O/c21-18(20-13-8-9-19-11-13)17-10-16(17)15-7-3-5-12-4-1-2-6-14(12)15/h1-7,13,16-17,19H,8-11H2,(H,20,21). The van der Waals surface area contributed by atoms with E-state index >= 15 is 0 Å². The Morgan fingerprint density at radius 1 is 1.14 bits per heavy atom. The zero-order chi connectivity index (χ0) is 14.2. The lowest BCUT2D eigenvalue weighted by molar-refractivity contribution is -0.123. The van der Waals surface area contributed by atoms with Crippen molar-refractivity contribution in [1.82, 2.24) is 10.6 Å². The molecule has 1 saturated heterocycles. The summed E-state index contributed by atoms with van der Waals surface area (Å²) in [5, 5.41) is 9.04. The number of carbonyl (C=O) groups is 1. The SMILES string of the molecule is O=C(NC1CCNC1)C1CC1c1cccc2ccccc12. The predicted molar refractivity (Wildman–Crippen MR) is 84.2 cm³/mol. The predicted octanol–water partition coefficient (Wildman–Crippen LogP) is 2.42. The van der Waals surface area contributed by atoms with E-state index in [0.29, 0.717) is 12.0 Å². The van der Waals surface area contributed by atoms with Gasteiger partial charge in [-0.1, -0.05) is 42.5 Å². The number of nitrogens with one attached hydrogen (secondary N) is 2. The van der Waals surface area contributed by atoms with Gasteiger partial charge in [-0.25, -0.2) is 0 Å². The van der Waals surface area contributed by atoms with Gasteiger partial charge >= 0.3 is 0 Å². The fraction of sp³-hybridized carbons (Fsp3) is 0.389. The number of hydrogen-bond acceptors (Lipinski definition) is 2. The summed E-state index contributed by atoms with van der Waals surface area (Å²) >= 11 is 0. The normalized spacial score (nSPS) is 27.7. The topological polar surface area (TPSA) is 41.1 Å². The second kappa shape index (κ2) is 5.15. The van der Waals surface area contributed by atoms with Crippen LogP contribution in [0.1, 0.15) is 24.3 Å². The minimum Gasteiger partial charge on any atom is -0.352 e. The van der Waals surface area contributed by atoms with Crippen LogP contribution >= 0.6 is 0 Å². The molecule has 0 spiro atoms. The summed E-state index contributed by atoms with van der Waals surface area (Å²) in [6.45, 7) is 1.93. The minimum absolute atomic E-state index is 0.163. The summed E-state index contributed by atoms with van der Waals surface area (Å²) in [6.07, 6.45) is 2.04. The fourth-order valence-corrected chi connectivity index (χ4v) is 3.49. The molecule has 0 bridgehead atoms. The zero-order valence-corrected chi connectivity index (χ0v) is 12.0. The Balaban J connectivity index is 1.51. The first-order valence-electron chi connectivity index (χ1n) is 7.81. The Morgan fingerprint density at radius 2 is 2.00 bits per heavy atom. The Morgan fingerprint density at radius 3 is 2.86 bits per heavy atom. The average Bonchev–Trinajstić information content (AvgIpc) is 3.16. The minimum atomic E-state index is 0.163. The summed E-state index contributed by atoms with van der Waals surface area (Å²) in [7, 11) is 0. The summed E-state index contributed by atoms with van der Waals surface area (Å²) in [5.74, 6) is 0.795. The van der Waals surface area contributed by atoms with E-state index in [1.54, 1.807) is 0 Å². The molecule has 3 atom stereocenters. The van der Waals surface area contributed by atoms with E-state index in [1.165, 1.54) is 16.3 Å². The molecule has 0 radical (unpaired) electrons. The first kappa shape index (κ1) is 12.8. The van der Waals surface area contributed by atoms with Crippen LogP contribution < -0.4 is 10.6 Å². The van der Waals surface area contributed by atoms with Crippen molar-refractivity contribution in [3.8, 4) is 0 Å². The van der Waals surface area contributed by atoms with Crippen molar-refractivity contribution >= 4 is 16.7 Å². The van der Waals surface area contributed by atoms with Gasteiger partial charge < -0.3 is 10.6 Å². The number of rotatable bonds is 3. The summed E-state index contributed by atoms with van der Waals surface area (Å²) in [4.78, 5) is 12.3. The van der Waals surface area contributed by atoms with Gasteiger partial charge in [0.1, 0.15) is 0 Å². The van der Waals surface area contributed by atoms with Crippen LogP contribution in [0.5, 0.6) is 0 Å². The van der Waals surface area contributed by atoms with Crippen LogP contribution in [0.2, 0.25) is 0 Å². The van der Waals surface area contributed by atoms with Gasteiger partial charge in [-0.3, -0.25) is 4.79 Å². The van der Waals surface area contributed by atoms with Crippen molar-refractivity contribution in [2.24, 2.45) is 5.92 Å². The van der Waals surface area contributed by atoms with Crippen LogP contribution in [0, 0.1) is 5.92 Å². The van der Waals surface area contributed by atoms with Crippen molar-refractivity contribution in [3.63, 3.8) is 0 Å². The van der Waals surface area contributed by atoms with Crippen LogP contribution in [0.15, 0.2) is 42.5 Å². The molecular formula is C18H20N2O. The molecule has 3 nitrogen and oxygen atoms in total. The number of fused-ring (bicyclic) bond motifs is 1. The monoisotopic (exact) mass is 280 g/mol.